The van der Waals surface area contributed by atoms with E-state index in [4.69, 9.17) is 4.74 Å². The molecule has 1 unspecified atom stereocenters. The van der Waals surface area contributed by atoms with Gasteiger partial charge in [-0.05, 0) is 32.4 Å². The van der Waals surface area contributed by atoms with Crippen LogP contribution in [0.2, 0.25) is 0 Å². The zero-order chi connectivity index (χ0) is 15.1. The van der Waals surface area contributed by atoms with Crippen molar-refractivity contribution in [2.75, 3.05) is 50.0 Å². The predicted octanol–water partition coefficient (Wildman–Crippen LogP) is 0.955. The monoisotopic (exact) mass is 336 g/mol. The normalized spacial score (nSPS) is 26.0. The number of nitrogens with one attached hydrogen (secondary N) is 1. The lowest BCUT2D eigenvalue weighted by Gasteiger charge is -2.34. The van der Waals surface area contributed by atoms with Crippen molar-refractivity contribution in [1.82, 2.24) is 10.2 Å². The molecule has 0 saturated carbocycles. The average molecular weight is 337 g/mol. The Hall–Kier alpha value is 0.180. The van der Waals surface area contributed by atoms with E-state index < -0.39 is 9.84 Å². The molecule has 2 heterocycles. The van der Waals surface area contributed by atoms with Crippen LogP contribution in [0.5, 0.6) is 0 Å². The second-order valence-corrected chi connectivity index (χ2v) is 9.29. The summed E-state index contributed by atoms with van der Waals surface area (Å²) < 4.78 is 30.2. The first-order chi connectivity index (χ1) is 10.1. The highest BCUT2D eigenvalue weighted by Crippen LogP contribution is 2.21. The molecule has 2 saturated heterocycles. The van der Waals surface area contributed by atoms with Crippen LogP contribution < -0.4 is 5.32 Å². The molecule has 0 spiro atoms. The van der Waals surface area contributed by atoms with Gasteiger partial charge in [0.2, 0.25) is 0 Å². The number of sulfone groups is 1. The minimum atomic E-state index is -2.97. The Labute approximate surface area is 133 Å². The van der Waals surface area contributed by atoms with E-state index in [0.717, 1.165) is 57.8 Å². The van der Waals surface area contributed by atoms with Crippen LogP contribution in [0.4, 0.5) is 0 Å². The van der Waals surface area contributed by atoms with Gasteiger partial charge in [0, 0.05) is 37.0 Å². The molecule has 7 heteroatoms. The highest BCUT2D eigenvalue weighted by Gasteiger charge is 2.32. The van der Waals surface area contributed by atoms with Crippen molar-refractivity contribution in [3.63, 3.8) is 0 Å². The fourth-order valence-electron chi connectivity index (χ4n) is 2.87. The van der Waals surface area contributed by atoms with E-state index in [2.05, 4.69) is 10.2 Å². The molecule has 0 radical (unpaired) electrons. The first-order valence-electron chi connectivity index (χ1n) is 7.99. The summed E-state index contributed by atoms with van der Waals surface area (Å²) in [6.07, 6.45) is 3.49. The van der Waals surface area contributed by atoms with Gasteiger partial charge >= 0.3 is 0 Å². The molecule has 0 aromatic carbocycles. The van der Waals surface area contributed by atoms with Crippen LogP contribution in [-0.2, 0) is 14.6 Å². The maximum Gasteiger partial charge on any atom is 0.166 e. The second-order valence-electron chi connectivity index (χ2n) is 5.69. The van der Waals surface area contributed by atoms with E-state index in [1.165, 1.54) is 0 Å². The summed E-state index contributed by atoms with van der Waals surface area (Å²) in [4.78, 5) is 2.14. The van der Waals surface area contributed by atoms with Crippen molar-refractivity contribution >= 4 is 21.6 Å². The molecule has 0 bridgehead atoms. The summed E-state index contributed by atoms with van der Waals surface area (Å²) in [5.74, 6) is 1.98. The summed E-state index contributed by atoms with van der Waals surface area (Å²) in [5, 5.41) is 3.04. The minimum Gasteiger partial charge on any atom is -0.378 e. The molecular weight excluding hydrogens is 308 g/mol. The minimum absolute atomic E-state index is 0.236. The van der Waals surface area contributed by atoms with Gasteiger partial charge in [-0.3, -0.25) is 4.90 Å². The lowest BCUT2D eigenvalue weighted by Crippen LogP contribution is -2.48. The Morgan fingerprint density at radius 3 is 2.81 bits per heavy atom. The topological polar surface area (TPSA) is 58.6 Å². The lowest BCUT2D eigenvalue weighted by atomic mass is 10.1. The largest absolute Gasteiger partial charge is 0.378 e. The SMILES string of the molecule is CCS(=O)(=O)C1CSCCN1CCCOC1CCNCC1. The third kappa shape index (κ3) is 5.39. The number of ether oxygens (including phenoxy) is 1. The van der Waals surface area contributed by atoms with Crippen LogP contribution in [0.25, 0.3) is 0 Å². The molecule has 2 aliphatic heterocycles. The lowest BCUT2D eigenvalue weighted by molar-refractivity contribution is 0.0276. The van der Waals surface area contributed by atoms with Crippen LogP contribution in [-0.4, -0.2) is 74.8 Å². The van der Waals surface area contributed by atoms with Crippen molar-refractivity contribution in [2.24, 2.45) is 0 Å². The van der Waals surface area contributed by atoms with E-state index >= 15 is 0 Å². The summed E-state index contributed by atoms with van der Waals surface area (Å²) >= 11 is 1.75. The number of rotatable bonds is 7. The van der Waals surface area contributed by atoms with Crippen molar-refractivity contribution in [1.29, 1.82) is 0 Å². The molecule has 0 aromatic heterocycles. The van der Waals surface area contributed by atoms with Crippen LogP contribution in [0.15, 0.2) is 0 Å². The van der Waals surface area contributed by atoms with Crippen molar-refractivity contribution in [3.8, 4) is 0 Å². The van der Waals surface area contributed by atoms with E-state index in [9.17, 15) is 8.42 Å². The highest BCUT2D eigenvalue weighted by molar-refractivity contribution is 8.01. The fourth-order valence-corrected chi connectivity index (χ4v) is 5.98. The van der Waals surface area contributed by atoms with Crippen molar-refractivity contribution < 1.29 is 13.2 Å². The molecule has 2 fully saturated rings. The average Bonchev–Trinajstić information content (AvgIpc) is 2.53. The second kappa shape index (κ2) is 8.72. The molecule has 1 atom stereocenters. The third-order valence-electron chi connectivity index (χ3n) is 4.24. The maximum absolute atomic E-state index is 12.2. The van der Waals surface area contributed by atoms with Gasteiger partial charge < -0.3 is 10.1 Å². The van der Waals surface area contributed by atoms with Gasteiger partial charge in [0.15, 0.2) is 9.84 Å². The summed E-state index contributed by atoms with van der Waals surface area (Å²) in [5.41, 5.74) is 0. The molecule has 1 N–H and O–H groups in total. The quantitative estimate of drug-likeness (QED) is 0.699. The molecule has 0 aliphatic carbocycles. The Kier molecular flexibility index (Phi) is 7.28. The van der Waals surface area contributed by atoms with Crippen LogP contribution in [0, 0.1) is 0 Å². The van der Waals surface area contributed by atoms with Gasteiger partial charge in [0.25, 0.3) is 0 Å². The van der Waals surface area contributed by atoms with Gasteiger partial charge in [-0.1, -0.05) is 6.92 Å². The summed E-state index contributed by atoms with van der Waals surface area (Å²) in [6, 6.07) is 0. The van der Waals surface area contributed by atoms with Gasteiger partial charge in [0.05, 0.1) is 6.10 Å². The van der Waals surface area contributed by atoms with Crippen molar-refractivity contribution in [2.45, 2.75) is 37.7 Å². The van der Waals surface area contributed by atoms with Gasteiger partial charge in [-0.2, -0.15) is 11.8 Å². The first kappa shape index (κ1) is 17.5. The summed E-state index contributed by atoms with van der Waals surface area (Å²) in [7, 11) is -2.97. The zero-order valence-electron chi connectivity index (χ0n) is 12.9. The molecule has 5 nitrogen and oxygen atoms in total. The van der Waals surface area contributed by atoms with Crippen LogP contribution >= 0.6 is 11.8 Å². The molecule has 21 heavy (non-hydrogen) atoms. The molecular formula is C14H28N2O3S2. The molecule has 0 aromatic rings. The zero-order valence-corrected chi connectivity index (χ0v) is 14.6. The molecule has 124 valence electrons. The van der Waals surface area contributed by atoms with Gasteiger partial charge in [-0.15, -0.1) is 0 Å². The van der Waals surface area contributed by atoms with E-state index in [0.29, 0.717) is 11.9 Å². The van der Waals surface area contributed by atoms with E-state index in [-0.39, 0.29) is 11.1 Å². The number of hydrogen-bond acceptors (Lipinski definition) is 6. The maximum atomic E-state index is 12.2. The standard InChI is InChI=1S/C14H28N2O3S2/c1-2-21(17,18)14-12-20-11-9-16(14)8-3-10-19-13-4-6-15-7-5-13/h13-15H,2-12H2,1H3. The molecule has 2 aliphatic rings. The Morgan fingerprint density at radius 1 is 1.33 bits per heavy atom. The molecule has 2 rings (SSSR count). The van der Waals surface area contributed by atoms with Crippen molar-refractivity contribution in [3.05, 3.63) is 0 Å². The Morgan fingerprint density at radius 2 is 2.10 bits per heavy atom. The summed E-state index contributed by atoms with van der Waals surface area (Å²) in [6.45, 7) is 6.28. The van der Waals surface area contributed by atoms with Gasteiger partial charge in [-0.25, -0.2) is 8.42 Å². The van der Waals surface area contributed by atoms with E-state index in [1.54, 1.807) is 18.7 Å². The number of nitrogens with zero attached hydrogens (tertiary/aromatic N) is 1. The Bertz CT molecular complexity index is 397. The third-order valence-corrected chi connectivity index (χ3v) is 7.57. The van der Waals surface area contributed by atoms with Gasteiger partial charge in [0.1, 0.15) is 5.37 Å². The highest BCUT2D eigenvalue weighted by atomic mass is 32.2. The van der Waals surface area contributed by atoms with E-state index in [1.807, 2.05) is 0 Å². The Balaban J connectivity index is 1.72. The number of hydrogen-bond donors (Lipinski definition) is 1. The van der Waals surface area contributed by atoms with Crippen LogP contribution in [0.1, 0.15) is 26.2 Å². The predicted molar refractivity (Wildman–Crippen MR) is 88.6 cm³/mol. The van der Waals surface area contributed by atoms with Crippen LogP contribution in [0.3, 0.4) is 0 Å². The number of piperidine rings is 1. The fraction of sp³-hybridized carbons (Fsp3) is 1.00. The first-order valence-corrected chi connectivity index (χ1v) is 10.9. The smallest absolute Gasteiger partial charge is 0.166 e. The molecule has 0 amide bonds. The number of thioether (sulfide) groups is 1.